The summed E-state index contributed by atoms with van der Waals surface area (Å²) in [5.41, 5.74) is 4.14. The Labute approximate surface area is 232 Å². The number of rotatable bonds is 8. The van der Waals surface area contributed by atoms with E-state index in [0.717, 1.165) is 63.1 Å². The maximum Gasteiger partial charge on any atom is 0.325 e. The smallest absolute Gasteiger partial charge is 0.325 e. The Kier molecular flexibility index (Phi) is 8.25. The Hall–Kier alpha value is -3.53. The Morgan fingerprint density at radius 1 is 1.10 bits per heavy atom. The number of imide groups is 1. The van der Waals surface area contributed by atoms with Crippen LogP contribution in [0.1, 0.15) is 48.1 Å². The molecule has 2 aliphatic rings. The van der Waals surface area contributed by atoms with Crippen molar-refractivity contribution in [2.24, 2.45) is 0 Å². The van der Waals surface area contributed by atoms with Crippen molar-refractivity contribution in [1.29, 1.82) is 0 Å². The Bertz CT molecular complexity index is 1320. The molecule has 1 saturated heterocycles. The van der Waals surface area contributed by atoms with Gasteiger partial charge in [-0.05, 0) is 81.3 Å². The lowest BCUT2D eigenvalue weighted by Gasteiger charge is -2.37. The molecule has 0 aromatic heterocycles. The molecule has 0 radical (unpaired) electrons. The fraction of sp³-hybridized carbons (Fsp3) is 0.448. The molecule has 0 saturated carbocycles. The maximum atomic E-state index is 12.6. The van der Waals surface area contributed by atoms with E-state index in [1.807, 2.05) is 52.0 Å². The minimum absolute atomic E-state index is 0.336. The molecule has 0 bridgehead atoms. The van der Waals surface area contributed by atoms with E-state index < -0.39 is 22.1 Å². The van der Waals surface area contributed by atoms with Gasteiger partial charge in [-0.15, -0.1) is 0 Å². The van der Waals surface area contributed by atoms with Crippen molar-refractivity contribution in [3.8, 4) is 17.2 Å². The number of hydrogen-bond acceptors (Lipinski definition) is 9. The SMILES string of the molecule is COC(=O)CN1C(=O)SC(Cc2ccc(OCC3(C)CCc4c(C)c(OC(C)=O)c(C)c(C)c4O3)cc2)C1=O. The molecule has 39 heavy (non-hydrogen) atoms. The molecule has 2 aliphatic heterocycles. The number of esters is 2. The first-order valence-corrected chi connectivity index (χ1v) is 13.6. The topological polar surface area (TPSA) is 108 Å². The van der Waals surface area contributed by atoms with Crippen LogP contribution in [0.25, 0.3) is 0 Å². The average Bonchev–Trinajstić information content (AvgIpc) is 3.16. The third-order valence-corrected chi connectivity index (χ3v) is 8.29. The summed E-state index contributed by atoms with van der Waals surface area (Å²) in [5.74, 6) is 0.732. The number of thioether (sulfide) groups is 1. The van der Waals surface area contributed by atoms with Gasteiger partial charge in [0.1, 0.15) is 36.0 Å². The molecule has 10 heteroatoms. The number of carbonyl (C=O) groups is 4. The summed E-state index contributed by atoms with van der Waals surface area (Å²) in [4.78, 5) is 48.8. The van der Waals surface area contributed by atoms with Crippen molar-refractivity contribution in [3.63, 3.8) is 0 Å². The van der Waals surface area contributed by atoms with E-state index in [9.17, 15) is 19.2 Å². The summed E-state index contributed by atoms with van der Waals surface area (Å²) in [7, 11) is 1.22. The number of benzene rings is 2. The highest BCUT2D eigenvalue weighted by atomic mass is 32.2. The zero-order valence-corrected chi connectivity index (χ0v) is 23.9. The third-order valence-electron chi connectivity index (χ3n) is 7.22. The van der Waals surface area contributed by atoms with Crippen LogP contribution in [-0.2, 0) is 32.0 Å². The molecule has 4 rings (SSSR count). The van der Waals surface area contributed by atoms with Gasteiger partial charge in [0.2, 0.25) is 5.91 Å². The summed E-state index contributed by atoms with van der Waals surface area (Å²) in [6.45, 7) is 9.25. The van der Waals surface area contributed by atoms with Crippen LogP contribution >= 0.6 is 11.8 Å². The molecule has 2 aromatic carbocycles. The van der Waals surface area contributed by atoms with Crippen LogP contribution in [0, 0.1) is 20.8 Å². The molecule has 208 valence electrons. The van der Waals surface area contributed by atoms with Crippen LogP contribution in [0.5, 0.6) is 17.2 Å². The van der Waals surface area contributed by atoms with E-state index in [1.54, 1.807) is 0 Å². The molecule has 1 fully saturated rings. The lowest BCUT2D eigenvalue weighted by Crippen LogP contribution is -2.42. The quantitative estimate of drug-likeness (QED) is 0.344. The predicted octanol–water partition coefficient (Wildman–Crippen LogP) is 4.48. The van der Waals surface area contributed by atoms with E-state index in [4.69, 9.17) is 14.2 Å². The van der Waals surface area contributed by atoms with Crippen molar-refractivity contribution >= 4 is 34.8 Å². The van der Waals surface area contributed by atoms with Gasteiger partial charge >= 0.3 is 11.9 Å². The van der Waals surface area contributed by atoms with Crippen molar-refractivity contribution in [2.75, 3.05) is 20.3 Å². The molecule has 9 nitrogen and oxygen atoms in total. The molecule has 0 aliphatic carbocycles. The summed E-state index contributed by atoms with van der Waals surface area (Å²) in [6, 6.07) is 7.39. The minimum atomic E-state index is -0.634. The minimum Gasteiger partial charge on any atom is -0.489 e. The van der Waals surface area contributed by atoms with Crippen LogP contribution < -0.4 is 14.2 Å². The summed E-state index contributed by atoms with van der Waals surface area (Å²) >= 11 is 0.920. The maximum absolute atomic E-state index is 12.6. The number of hydrogen-bond donors (Lipinski definition) is 0. The molecule has 2 heterocycles. The number of carbonyl (C=O) groups excluding carboxylic acids is 4. The molecule has 2 aromatic rings. The summed E-state index contributed by atoms with van der Waals surface area (Å²) in [5, 5.41) is -1.03. The van der Waals surface area contributed by atoms with Gasteiger partial charge < -0.3 is 18.9 Å². The van der Waals surface area contributed by atoms with E-state index >= 15 is 0 Å². The standard InChI is InChI=1S/C29H33NO8S/c1-16-17(2)26-22(18(3)25(16)37-19(4)31)11-12-29(5,38-26)15-36-21-9-7-20(8-10-21)13-23-27(33)30(28(34)39-23)14-24(32)35-6/h7-10,23H,11-15H2,1-6H3. The first kappa shape index (κ1) is 28.5. The van der Waals surface area contributed by atoms with Crippen LogP contribution in [-0.4, -0.2) is 59.1 Å². The van der Waals surface area contributed by atoms with Crippen molar-refractivity contribution in [3.05, 3.63) is 52.1 Å². The van der Waals surface area contributed by atoms with Gasteiger partial charge in [-0.3, -0.25) is 24.1 Å². The Morgan fingerprint density at radius 2 is 1.79 bits per heavy atom. The molecule has 2 unspecified atom stereocenters. The molecule has 0 N–H and O–H groups in total. The first-order valence-electron chi connectivity index (χ1n) is 12.7. The summed E-state index contributed by atoms with van der Waals surface area (Å²) in [6.07, 6.45) is 1.87. The second-order valence-corrected chi connectivity index (χ2v) is 11.3. The van der Waals surface area contributed by atoms with Gasteiger partial charge in [-0.2, -0.15) is 0 Å². The molecular formula is C29H33NO8S. The highest BCUT2D eigenvalue weighted by molar-refractivity contribution is 8.15. The van der Waals surface area contributed by atoms with Gasteiger partial charge in [0.05, 0.1) is 12.4 Å². The van der Waals surface area contributed by atoms with Crippen molar-refractivity contribution < 1.29 is 38.1 Å². The normalized spacial score (nSPS) is 20.4. The summed E-state index contributed by atoms with van der Waals surface area (Å²) < 4.78 is 22.7. The monoisotopic (exact) mass is 555 g/mol. The predicted molar refractivity (Wildman–Crippen MR) is 145 cm³/mol. The number of methoxy groups -OCH3 is 1. The number of amides is 2. The van der Waals surface area contributed by atoms with Gasteiger partial charge in [0, 0.05) is 12.5 Å². The fourth-order valence-electron chi connectivity index (χ4n) is 4.82. The van der Waals surface area contributed by atoms with E-state index in [2.05, 4.69) is 4.74 Å². The lowest BCUT2D eigenvalue weighted by molar-refractivity contribution is -0.144. The number of fused-ring (bicyclic) bond motifs is 1. The first-order chi connectivity index (χ1) is 18.4. The number of nitrogens with zero attached hydrogens (tertiary/aromatic N) is 1. The van der Waals surface area contributed by atoms with Crippen molar-refractivity contribution in [2.45, 2.75) is 64.7 Å². The second-order valence-electron chi connectivity index (χ2n) is 10.2. The van der Waals surface area contributed by atoms with E-state index in [-0.39, 0.29) is 18.4 Å². The van der Waals surface area contributed by atoms with Gasteiger partial charge in [-0.25, -0.2) is 0 Å². The van der Waals surface area contributed by atoms with Gasteiger partial charge in [-0.1, -0.05) is 23.9 Å². The molecule has 2 atom stereocenters. The third kappa shape index (κ3) is 6.06. The lowest BCUT2D eigenvalue weighted by atomic mass is 9.87. The van der Waals surface area contributed by atoms with Gasteiger partial charge in [0.15, 0.2) is 0 Å². The Morgan fingerprint density at radius 3 is 2.44 bits per heavy atom. The zero-order valence-electron chi connectivity index (χ0n) is 23.0. The van der Waals surface area contributed by atoms with Crippen LogP contribution in [0.3, 0.4) is 0 Å². The highest BCUT2D eigenvalue weighted by Crippen LogP contribution is 2.44. The van der Waals surface area contributed by atoms with Crippen LogP contribution in [0.2, 0.25) is 0 Å². The largest absolute Gasteiger partial charge is 0.489 e. The molecule has 2 amide bonds. The second kappa shape index (κ2) is 11.3. The van der Waals surface area contributed by atoms with Crippen molar-refractivity contribution in [1.82, 2.24) is 4.90 Å². The van der Waals surface area contributed by atoms with Gasteiger partial charge in [0.25, 0.3) is 5.24 Å². The van der Waals surface area contributed by atoms with Crippen LogP contribution in [0.4, 0.5) is 4.79 Å². The molecule has 0 spiro atoms. The molecular weight excluding hydrogens is 522 g/mol. The number of ether oxygens (including phenoxy) is 4. The van der Waals surface area contributed by atoms with E-state index in [1.165, 1.54) is 14.0 Å². The fourth-order valence-corrected chi connectivity index (χ4v) is 5.85. The zero-order chi connectivity index (χ0) is 28.5. The van der Waals surface area contributed by atoms with Crippen LogP contribution in [0.15, 0.2) is 24.3 Å². The Balaban J connectivity index is 1.38. The van der Waals surface area contributed by atoms with E-state index in [0.29, 0.717) is 24.5 Å². The highest BCUT2D eigenvalue weighted by Gasteiger charge is 2.40. The average molecular weight is 556 g/mol.